The zero-order valence-corrected chi connectivity index (χ0v) is 14.4. The number of hydrogen-bond donors (Lipinski definition) is 0. The van der Waals surface area contributed by atoms with Crippen molar-refractivity contribution in [1.29, 1.82) is 0 Å². The summed E-state index contributed by atoms with van der Waals surface area (Å²) in [6.45, 7) is 10.8. The summed E-state index contributed by atoms with van der Waals surface area (Å²) >= 11 is 0. The molecule has 0 bridgehead atoms. The largest absolute Gasteiger partial charge is 0.298 e. The minimum Gasteiger partial charge on any atom is -0.298 e. The summed E-state index contributed by atoms with van der Waals surface area (Å²) in [7, 11) is 0. The predicted octanol–water partition coefficient (Wildman–Crippen LogP) is 3.95. The van der Waals surface area contributed by atoms with Crippen molar-refractivity contribution in [2.75, 3.05) is 26.2 Å². The Balaban J connectivity index is 1.48. The van der Waals surface area contributed by atoms with Gasteiger partial charge in [-0.2, -0.15) is 0 Å². The van der Waals surface area contributed by atoms with Gasteiger partial charge in [0.05, 0.1) is 0 Å². The van der Waals surface area contributed by atoms with Crippen molar-refractivity contribution in [3.63, 3.8) is 0 Å². The van der Waals surface area contributed by atoms with E-state index in [4.69, 9.17) is 0 Å². The van der Waals surface area contributed by atoms with Crippen LogP contribution in [0.25, 0.3) is 0 Å². The Morgan fingerprint density at radius 2 is 1.55 bits per heavy atom. The fourth-order valence-corrected chi connectivity index (χ4v) is 4.23. The van der Waals surface area contributed by atoms with Crippen LogP contribution in [0.15, 0.2) is 24.3 Å². The highest BCUT2D eigenvalue weighted by atomic mass is 15.3. The maximum Gasteiger partial charge on any atom is 0.0234 e. The van der Waals surface area contributed by atoms with Gasteiger partial charge >= 0.3 is 0 Å². The summed E-state index contributed by atoms with van der Waals surface area (Å²) in [6, 6.07) is 10.1. The third kappa shape index (κ3) is 3.91. The van der Waals surface area contributed by atoms with E-state index in [1.54, 1.807) is 0 Å². The summed E-state index contributed by atoms with van der Waals surface area (Å²) in [5.74, 6) is 0.905. The van der Waals surface area contributed by atoms with Gasteiger partial charge in [0.25, 0.3) is 0 Å². The molecule has 3 rings (SSSR count). The zero-order valence-electron chi connectivity index (χ0n) is 14.4. The lowest BCUT2D eigenvalue weighted by Gasteiger charge is -2.43. The summed E-state index contributed by atoms with van der Waals surface area (Å²) in [5, 5.41) is 0. The van der Waals surface area contributed by atoms with Crippen LogP contribution in [0.1, 0.15) is 50.7 Å². The molecule has 0 N–H and O–H groups in total. The predicted molar refractivity (Wildman–Crippen MR) is 94.1 cm³/mol. The average molecular weight is 300 g/mol. The van der Waals surface area contributed by atoms with Crippen LogP contribution in [0.4, 0.5) is 0 Å². The second-order valence-corrected chi connectivity index (χ2v) is 7.31. The molecule has 1 aromatic carbocycles. The SMILES string of the molecule is CCc1ccc(CN2CCN([C@@H]3CCCC[C@@H]3C)CC2)cc1. The lowest BCUT2D eigenvalue weighted by atomic mass is 9.84. The molecule has 22 heavy (non-hydrogen) atoms. The van der Waals surface area contributed by atoms with Gasteiger partial charge in [0, 0.05) is 38.8 Å². The van der Waals surface area contributed by atoms with E-state index in [-0.39, 0.29) is 0 Å². The second kappa shape index (κ2) is 7.61. The first-order valence-electron chi connectivity index (χ1n) is 9.30. The Kier molecular flexibility index (Phi) is 5.54. The molecular formula is C20H32N2. The standard InChI is InChI=1S/C20H32N2/c1-3-18-8-10-19(11-9-18)16-21-12-14-22(15-13-21)20-7-5-4-6-17(20)2/h8-11,17,20H,3-7,12-16H2,1-2H3/t17-,20+/m0/s1. The van der Waals surface area contributed by atoms with Crippen LogP contribution in [0.2, 0.25) is 0 Å². The molecule has 122 valence electrons. The smallest absolute Gasteiger partial charge is 0.0234 e. The highest BCUT2D eigenvalue weighted by Crippen LogP contribution is 2.28. The highest BCUT2D eigenvalue weighted by Gasteiger charge is 2.29. The lowest BCUT2D eigenvalue weighted by Crippen LogP contribution is -2.52. The van der Waals surface area contributed by atoms with Crippen LogP contribution in [0, 0.1) is 5.92 Å². The second-order valence-electron chi connectivity index (χ2n) is 7.31. The number of benzene rings is 1. The Morgan fingerprint density at radius 3 is 2.18 bits per heavy atom. The average Bonchev–Trinajstić information content (AvgIpc) is 2.57. The molecule has 1 saturated heterocycles. The minimum atomic E-state index is 0.861. The van der Waals surface area contributed by atoms with Crippen molar-refractivity contribution in [2.24, 2.45) is 5.92 Å². The van der Waals surface area contributed by atoms with Crippen LogP contribution in [0.5, 0.6) is 0 Å². The van der Waals surface area contributed by atoms with E-state index in [9.17, 15) is 0 Å². The molecule has 0 amide bonds. The molecule has 0 radical (unpaired) electrons. The van der Waals surface area contributed by atoms with E-state index < -0.39 is 0 Å². The van der Waals surface area contributed by atoms with Crippen molar-refractivity contribution < 1.29 is 0 Å². The molecule has 1 saturated carbocycles. The van der Waals surface area contributed by atoms with Gasteiger partial charge in [0.15, 0.2) is 0 Å². The Hall–Kier alpha value is -0.860. The molecule has 2 fully saturated rings. The van der Waals surface area contributed by atoms with E-state index in [0.29, 0.717) is 0 Å². The molecule has 0 unspecified atom stereocenters. The highest BCUT2D eigenvalue weighted by molar-refractivity contribution is 5.22. The molecule has 0 aromatic heterocycles. The zero-order chi connectivity index (χ0) is 15.4. The Bertz CT molecular complexity index is 445. The summed E-state index contributed by atoms with van der Waals surface area (Å²) in [5.41, 5.74) is 2.91. The van der Waals surface area contributed by atoms with Gasteiger partial charge in [-0.3, -0.25) is 9.80 Å². The van der Waals surface area contributed by atoms with E-state index in [2.05, 4.69) is 47.9 Å². The molecule has 2 nitrogen and oxygen atoms in total. The molecule has 1 aliphatic carbocycles. The molecule has 0 spiro atoms. The molecule has 2 heteroatoms. The first kappa shape index (κ1) is 16.0. The quantitative estimate of drug-likeness (QED) is 0.831. The van der Waals surface area contributed by atoms with Crippen LogP contribution in [-0.2, 0) is 13.0 Å². The van der Waals surface area contributed by atoms with Gasteiger partial charge in [0.2, 0.25) is 0 Å². The monoisotopic (exact) mass is 300 g/mol. The van der Waals surface area contributed by atoms with Crippen LogP contribution in [-0.4, -0.2) is 42.0 Å². The molecular weight excluding hydrogens is 268 g/mol. The molecule has 1 heterocycles. The summed E-state index contributed by atoms with van der Waals surface area (Å²) in [6.07, 6.45) is 6.90. The van der Waals surface area contributed by atoms with Gasteiger partial charge in [-0.15, -0.1) is 0 Å². The lowest BCUT2D eigenvalue weighted by molar-refractivity contribution is 0.0518. The molecule has 2 aliphatic rings. The van der Waals surface area contributed by atoms with Crippen molar-refractivity contribution in [3.8, 4) is 0 Å². The molecule has 1 aromatic rings. The summed E-state index contributed by atoms with van der Waals surface area (Å²) in [4.78, 5) is 5.41. The Labute approximate surface area is 136 Å². The maximum atomic E-state index is 2.78. The fourth-order valence-electron chi connectivity index (χ4n) is 4.23. The third-order valence-electron chi connectivity index (χ3n) is 5.78. The van der Waals surface area contributed by atoms with Gasteiger partial charge in [-0.25, -0.2) is 0 Å². The fraction of sp³-hybridized carbons (Fsp3) is 0.700. The topological polar surface area (TPSA) is 6.48 Å². The number of hydrogen-bond acceptors (Lipinski definition) is 2. The first-order chi connectivity index (χ1) is 10.8. The number of aryl methyl sites for hydroxylation is 1. The van der Waals surface area contributed by atoms with Crippen LogP contribution < -0.4 is 0 Å². The first-order valence-corrected chi connectivity index (χ1v) is 9.30. The van der Waals surface area contributed by atoms with E-state index in [1.807, 2.05) is 0 Å². The number of piperazine rings is 1. The van der Waals surface area contributed by atoms with Crippen molar-refractivity contribution >= 4 is 0 Å². The van der Waals surface area contributed by atoms with Gasteiger partial charge in [0.1, 0.15) is 0 Å². The van der Waals surface area contributed by atoms with Gasteiger partial charge in [-0.1, -0.05) is 51.0 Å². The molecule has 2 atom stereocenters. The van der Waals surface area contributed by atoms with E-state index in [0.717, 1.165) is 24.9 Å². The van der Waals surface area contributed by atoms with E-state index >= 15 is 0 Å². The maximum absolute atomic E-state index is 2.78. The van der Waals surface area contributed by atoms with Crippen LogP contribution >= 0.6 is 0 Å². The van der Waals surface area contributed by atoms with Gasteiger partial charge < -0.3 is 0 Å². The normalized spacial score (nSPS) is 27.9. The minimum absolute atomic E-state index is 0.861. The molecule has 1 aliphatic heterocycles. The van der Waals surface area contributed by atoms with Crippen molar-refractivity contribution in [3.05, 3.63) is 35.4 Å². The number of nitrogens with zero attached hydrogens (tertiary/aromatic N) is 2. The number of rotatable bonds is 4. The third-order valence-corrected chi connectivity index (χ3v) is 5.78. The van der Waals surface area contributed by atoms with Crippen LogP contribution in [0.3, 0.4) is 0 Å². The Morgan fingerprint density at radius 1 is 0.909 bits per heavy atom. The van der Waals surface area contributed by atoms with Gasteiger partial charge in [-0.05, 0) is 36.3 Å². The van der Waals surface area contributed by atoms with E-state index in [1.165, 1.54) is 63.0 Å². The van der Waals surface area contributed by atoms with Crippen molar-refractivity contribution in [2.45, 2.75) is 58.5 Å². The van der Waals surface area contributed by atoms with Crippen molar-refractivity contribution in [1.82, 2.24) is 9.80 Å². The summed E-state index contributed by atoms with van der Waals surface area (Å²) < 4.78 is 0.